The molecule has 1 unspecified atom stereocenters. The summed E-state index contributed by atoms with van der Waals surface area (Å²) in [5.74, 6) is 0.211. The minimum Gasteiger partial charge on any atom is -0.336 e. The smallest absolute Gasteiger partial charge is 0.245 e. The van der Waals surface area contributed by atoms with Gasteiger partial charge in [-0.2, -0.15) is 4.83 Å². The minimum absolute atomic E-state index is 0.211. The van der Waals surface area contributed by atoms with Crippen LogP contribution in [-0.2, 0) is 28.0 Å². The number of nitrogens with zero attached hydrogens (tertiary/aromatic N) is 2. The molecule has 2 aliphatic heterocycles. The van der Waals surface area contributed by atoms with E-state index in [2.05, 4.69) is 47.2 Å². The summed E-state index contributed by atoms with van der Waals surface area (Å²) in [6, 6.07) is 9.05. The molecule has 1 saturated carbocycles. The summed E-state index contributed by atoms with van der Waals surface area (Å²) in [6.45, 7) is 8.22. The first-order valence-corrected chi connectivity index (χ1v) is 12.6. The van der Waals surface area contributed by atoms with E-state index in [-0.39, 0.29) is 5.91 Å². The van der Waals surface area contributed by atoms with Crippen LogP contribution in [0.1, 0.15) is 63.5 Å². The van der Waals surface area contributed by atoms with Crippen molar-refractivity contribution in [2.75, 3.05) is 26.2 Å². The quantitative estimate of drug-likeness (QED) is 0.354. The Morgan fingerprint density at radius 1 is 1.13 bits per heavy atom. The van der Waals surface area contributed by atoms with Crippen molar-refractivity contribution in [2.45, 2.75) is 70.4 Å². The predicted molar refractivity (Wildman–Crippen MR) is 122 cm³/mol. The monoisotopic (exact) mass is 448 g/mol. The van der Waals surface area contributed by atoms with Crippen molar-refractivity contribution in [3.63, 3.8) is 0 Å². The highest BCUT2D eigenvalue weighted by Gasteiger charge is 2.49. The molecular formula is C23H36N4O3S. The van der Waals surface area contributed by atoms with Gasteiger partial charge in [0.2, 0.25) is 17.2 Å². The number of hydrogen-bond donors (Lipinski definition) is 3. The Hall–Kier alpha value is -1.32. The molecule has 1 aliphatic carbocycles. The molecule has 1 amide bonds. The molecule has 3 aliphatic rings. The Morgan fingerprint density at radius 3 is 2.48 bits per heavy atom. The first kappa shape index (κ1) is 22.9. The van der Waals surface area contributed by atoms with Crippen molar-refractivity contribution in [3.8, 4) is 0 Å². The number of hydrazine groups is 1. The van der Waals surface area contributed by atoms with E-state index in [0.717, 1.165) is 25.9 Å². The Kier molecular flexibility index (Phi) is 6.84. The molecule has 1 aromatic rings. The second-order valence-electron chi connectivity index (χ2n) is 10.2. The fourth-order valence-electron chi connectivity index (χ4n) is 5.81. The number of piperidine rings is 1. The van der Waals surface area contributed by atoms with Crippen LogP contribution in [0.3, 0.4) is 0 Å². The van der Waals surface area contributed by atoms with E-state index in [9.17, 15) is 9.00 Å². The van der Waals surface area contributed by atoms with E-state index in [1.165, 1.54) is 36.8 Å². The Morgan fingerprint density at radius 2 is 1.81 bits per heavy atom. The highest BCUT2D eigenvalue weighted by molar-refractivity contribution is 7.77. The standard InChI is InChI=1S/C23H36N4O3S/c1-22(2)9-7-19(8-10-22)26-14-11-23(12-15-26)20-6-4-3-5-18(20)17-27(21(23)28)16-13-24-25-31(29)30/h3-6,19,24-25H,7-17H2,1-2H3,(H,29,30). The zero-order valence-electron chi connectivity index (χ0n) is 18.7. The highest BCUT2D eigenvalue weighted by atomic mass is 32.2. The van der Waals surface area contributed by atoms with Gasteiger partial charge in [0.25, 0.3) is 0 Å². The number of hydrogen-bond acceptors (Lipinski definition) is 4. The van der Waals surface area contributed by atoms with Gasteiger partial charge in [0.15, 0.2) is 0 Å². The van der Waals surface area contributed by atoms with Crippen LogP contribution in [0.4, 0.5) is 0 Å². The van der Waals surface area contributed by atoms with E-state index >= 15 is 0 Å². The molecule has 1 spiro atoms. The van der Waals surface area contributed by atoms with Crippen LogP contribution in [0.2, 0.25) is 0 Å². The first-order valence-electron chi connectivity index (χ1n) is 11.5. The molecule has 172 valence electrons. The minimum atomic E-state index is -2.11. The van der Waals surface area contributed by atoms with Gasteiger partial charge in [0, 0.05) is 25.7 Å². The van der Waals surface area contributed by atoms with Crippen molar-refractivity contribution < 1.29 is 13.6 Å². The van der Waals surface area contributed by atoms with Gasteiger partial charge in [0.05, 0.1) is 5.41 Å². The third-order valence-electron chi connectivity index (χ3n) is 7.73. The maximum atomic E-state index is 13.7. The van der Waals surface area contributed by atoms with Gasteiger partial charge < -0.3 is 9.80 Å². The number of rotatable bonds is 6. The first-order chi connectivity index (χ1) is 14.8. The van der Waals surface area contributed by atoms with Gasteiger partial charge in [-0.3, -0.25) is 9.35 Å². The lowest BCUT2D eigenvalue weighted by Crippen LogP contribution is -2.58. The van der Waals surface area contributed by atoms with Crippen LogP contribution in [0.5, 0.6) is 0 Å². The van der Waals surface area contributed by atoms with Gasteiger partial charge >= 0.3 is 0 Å². The van der Waals surface area contributed by atoms with Gasteiger partial charge in [-0.05, 0) is 68.2 Å². The number of fused-ring (bicyclic) bond motifs is 2. The summed E-state index contributed by atoms with van der Waals surface area (Å²) in [5.41, 5.74) is 5.20. The molecule has 7 nitrogen and oxygen atoms in total. The topological polar surface area (TPSA) is 84.9 Å². The average Bonchev–Trinajstić information content (AvgIpc) is 2.75. The fraction of sp³-hybridized carbons (Fsp3) is 0.696. The molecule has 4 rings (SSSR count). The van der Waals surface area contributed by atoms with E-state index in [1.54, 1.807) is 0 Å². The normalized spacial score (nSPS) is 24.9. The average molecular weight is 449 g/mol. The lowest BCUT2D eigenvalue weighted by molar-refractivity contribution is -0.142. The zero-order chi connectivity index (χ0) is 22.1. The second kappa shape index (κ2) is 9.27. The van der Waals surface area contributed by atoms with Crippen LogP contribution in [-0.4, -0.2) is 56.7 Å². The summed E-state index contributed by atoms with van der Waals surface area (Å²) in [4.78, 5) is 20.5. The number of carbonyl (C=O) groups excluding carboxylic acids is 1. The van der Waals surface area contributed by atoms with Crippen LogP contribution in [0.15, 0.2) is 24.3 Å². The molecule has 0 bridgehead atoms. The van der Waals surface area contributed by atoms with Crippen LogP contribution >= 0.6 is 0 Å². The van der Waals surface area contributed by atoms with Gasteiger partial charge in [-0.1, -0.05) is 38.1 Å². The highest BCUT2D eigenvalue weighted by Crippen LogP contribution is 2.44. The largest absolute Gasteiger partial charge is 0.336 e. The van der Waals surface area contributed by atoms with Crippen molar-refractivity contribution in [2.24, 2.45) is 5.41 Å². The number of benzene rings is 1. The third kappa shape index (κ3) is 4.88. The summed E-state index contributed by atoms with van der Waals surface area (Å²) < 4.78 is 19.6. The van der Waals surface area contributed by atoms with Crippen molar-refractivity contribution >= 4 is 17.2 Å². The van der Waals surface area contributed by atoms with Crippen LogP contribution in [0, 0.1) is 5.41 Å². The lowest BCUT2D eigenvalue weighted by atomic mass is 9.67. The van der Waals surface area contributed by atoms with E-state index < -0.39 is 16.7 Å². The van der Waals surface area contributed by atoms with E-state index in [4.69, 9.17) is 4.55 Å². The molecule has 8 heteroatoms. The molecule has 0 radical (unpaired) electrons. The Balaban J connectivity index is 1.46. The molecule has 1 aromatic carbocycles. The molecule has 0 aromatic heterocycles. The molecule has 3 N–H and O–H groups in total. The maximum Gasteiger partial charge on any atom is 0.245 e. The van der Waals surface area contributed by atoms with Gasteiger partial charge in [0.1, 0.15) is 0 Å². The Labute approximate surface area is 188 Å². The maximum absolute atomic E-state index is 13.7. The summed E-state index contributed by atoms with van der Waals surface area (Å²) in [6.07, 6.45) is 6.84. The third-order valence-corrected chi connectivity index (χ3v) is 8.05. The Bertz CT molecular complexity index is 813. The molecule has 2 heterocycles. The van der Waals surface area contributed by atoms with Gasteiger partial charge in [-0.25, -0.2) is 9.63 Å². The van der Waals surface area contributed by atoms with Crippen molar-refractivity contribution in [3.05, 3.63) is 35.4 Å². The molecule has 1 atom stereocenters. The summed E-state index contributed by atoms with van der Waals surface area (Å²) in [7, 11) is 0. The fourth-order valence-corrected chi connectivity index (χ4v) is 6.03. The number of likely N-dealkylation sites (tertiary alicyclic amines) is 1. The molecule has 2 fully saturated rings. The molecular weight excluding hydrogens is 412 g/mol. The van der Waals surface area contributed by atoms with Gasteiger partial charge in [-0.15, -0.1) is 0 Å². The zero-order valence-corrected chi connectivity index (χ0v) is 19.5. The predicted octanol–water partition coefficient (Wildman–Crippen LogP) is 2.56. The van der Waals surface area contributed by atoms with E-state index in [0.29, 0.717) is 31.1 Å². The molecule has 31 heavy (non-hydrogen) atoms. The second-order valence-corrected chi connectivity index (χ2v) is 10.9. The SMILES string of the molecule is CC1(C)CCC(N2CCC3(CC2)C(=O)N(CCNNS(=O)O)Cc2ccccc23)CC1. The number of nitrogens with one attached hydrogen (secondary N) is 2. The number of carbonyl (C=O) groups is 1. The van der Waals surface area contributed by atoms with Crippen LogP contribution < -0.4 is 10.3 Å². The number of amides is 1. The van der Waals surface area contributed by atoms with E-state index in [1.807, 2.05) is 11.0 Å². The summed E-state index contributed by atoms with van der Waals surface area (Å²) >= 11 is -2.11. The molecule has 1 saturated heterocycles. The van der Waals surface area contributed by atoms with Crippen molar-refractivity contribution in [1.82, 2.24) is 20.1 Å². The van der Waals surface area contributed by atoms with Crippen LogP contribution in [0.25, 0.3) is 0 Å². The summed E-state index contributed by atoms with van der Waals surface area (Å²) in [5, 5.41) is 0. The van der Waals surface area contributed by atoms with Crippen molar-refractivity contribution in [1.29, 1.82) is 0 Å². The lowest BCUT2D eigenvalue weighted by Gasteiger charge is -2.50.